The Bertz CT molecular complexity index is 705. The van der Waals surface area contributed by atoms with Gasteiger partial charge in [0.2, 0.25) is 0 Å². The Kier molecular flexibility index (Phi) is 2.83. The van der Waals surface area contributed by atoms with Crippen LogP contribution in [-0.4, -0.2) is 4.98 Å². The third-order valence-electron chi connectivity index (χ3n) is 3.14. The molecule has 0 fully saturated rings. The molecular formula is C15H15N3O. The van der Waals surface area contributed by atoms with E-state index in [-0.39, 0.29) is 6.04 Å². The summed E-state index contributed by atoms with van der Waals surface area (Å²) in [7, 11) is 0. The Morgan fingerprint density at radius 2 is 2.16 bits per heavy atom. The van der Waals surface area contributed by atoms with Crippen molar-refractivity contribution in [1.29, 1.82) is 0 Å². The lowest BCUT2D eigenvalue weighted by Gasteiger charge is -2.15. The molecule has 1 atom stereocenters. The minimum atomic E-state index is 0.122. The third-order valence-corrected chi connectivity index (χ3v) is 3.14. The molecule has 4 nitrogen and oxygen atoms in total. The van der Waals surface area contributed by atoms with Gasteiger partial charge < -0.3 is 15.5 Å². The number of nitrogens with two attached hydrogens (primary N) is 1. The van der Waals surface area contributed by atoms with Crippen molar-refractivity contribution >= 4 is 22.5 Å². The van der Waals surface area contributed by atoms with E-state index in [0.717, 1.165) is 28.0 Å². The van der Waals surface area contributed by atoms with Gasteiger partial charge in [0, 0.05) is 11.9 Å². The van der Waals surface area contributed by atoms with Gasteiger partial charge in [-0.2, -0.15) is 0 Å². The van der Waals surface area contributed by atoms with Crippen LogP contribution in [0.25, 0.3) is 11.0 Å². The van der Waals surface area contributed by atoms with Crippen LogP contribution in [0.4, 0.5) is 11.5 Å². The fraction of sp³-hybridized carbons (Fsp3) is 0.133. The molecule has 0 amide bonds. The topological polar surface area (TPSA) is 64.1 Å². The van der Waals surface area contributed by atoms with Crippen LogP contribution in [0, 0.1) is 0 Å². The van der Waals surface area contributed by atoms with Gasteiger partial charge in [0.15, 0.2) is 0 Å². The van der Waals surface area contributed by atoms with Gasteiger partial charge in [0.25, 0.3) is 0 Å². The number of nitrogens with one attached hydrogen (secondary N) is 1. The number of aromatic nitrogens is 1. The summed E-state index contributed by atoms with van der Waals surface area (Å²) in [4.78, 5) is 4.36. The summed E-state index contributed by atoms with van der Waals surface area (Å²) >= 11 is 0. The Morgan fingerprint density at radius 1 is 1.26 bits per heavy atom. The molecule has 1 unspecified atom stereocenters. The van der Waals surface area contributed by atoms with E-state index in [9.17, 15) is 0 Å². The van der Waals surface area contributed by atoms with Gasteiger partial charge in [-0.15, -0.1) is 0 Å². The van der Waals surface area contributed by atoms with Gasteiger partial charge in [0.05, 0.1) is 17.7 Å². The zero-order valence-electron chi connectivity index (χ0n) is 10.6. The van der Waals surface area contributed by atoms with Crippen molar-refractivity contribution < 1.29 is 4.42 Å². The van der Waals surface area contributed by atoms with Crippen molar-refractivity contribution in [2.45, 2.75) is 13.0 Å². The predicted octanol–water partition coefficient (Wildman–Crippen LogP) is 3.58. The fourth-order valence-corrected chi connectivity index (χ4v) is 2.13. The highest BCUT2D eigenvalue weighted by atomic mass is 16.3. The molecule has 0 saturated heterocycles. The van der Waals surface area contributed by atoms with Gasteiger partial charge in [0.1, 0.15) is 11.4 Å². The van der Waals surface area contributed by atoms with Gasteiger partial charge in [-0.05, 0) is 36.8 Å². The quantitative estimate of drug-likeness (QED) is 0.700. The lowest BCUT2D eigenvalue weighted by Crippen LogP contribution is -2.08. The Hall–Kier alpha value is -2.49. The molecule has 4 heteroatoms. The number of anilines is 2. The average Bonchev–Trinajstić information content (AvgIpc) is 2.88. The number of hydrogen-bond donors (Lipinski definition) is 2. The Balaban J connectivity index is 1.90. The molecule has 3 rings (SSSR count). The number of benzene rings is 1. The smallest absolute Gasteiger partial charge is 0.139 e. The molecule has 2 aromatic heterocycles. The molecule has 19 heavy (non-hydrogen) atoms. The highest BCUT2D eigenvalue weighted by Crippen LogP contribution is 2.26. The summed E-state index contributed by atoms with van der Waals surface area (Å²) in [6.07, 6.45) is 3.41. The van der Waals surface area contributed by atoms with Crippen LogP contribution in [0.5, 0.6) is 0 Å². The van der Waals surface area contributed by atoms with E-state index in [0.29, 0.717) is 0 Å². The molecule has 0 aliphatic carbocycles. The number of rotatable bonds is 3. The van der Waals surface area contributed by atoms with E-state index in [1.54, 1.807) is 12.5 Å². The first-order chi connectivity index (χ1) is 9.24. The summed E-state index contributed by atoms with van der Waals surface area (Å²) in [5, 5.41) is 4.37. The van der Waals surface area contributed by atoms with Crippen LogP contribution in [0.3, 0.4) is 0 Å². The second kappa shape index (κ2) is 4.65. The van der Waals surface area contributed by atoms with Gasteiger partial charge in [-0.1, -0.05) is 12.1 Å². The standard InChI is InChI=1S/C15H15N3O/c1-10(11-3-2-4-12(16)9-11)18-15-13-6-8-19-14(13)5-7-17-15/h2-10H,16H2,1H3,(H,17,18). The van der Waals surface area contributed by atoms with Crippen LogP contribution in [0.2, 0.25) is 0 Å². The van der Waals surface area contributed by atoms with Crippen LogP contribution in [-0.2, 0) is 0 Å². The maximum Gasteiger partial charge on any atom is 0.139 e. The van der Waals surface area contributed by atoms with E-state index < -0.39 is 0 Å². The van der Waals surface area contributed by atoms with Crippen molar-refractivity contribution in [2.24, 2.45) is 0 Å². The average molecular weight is 253 g/mol. The molecular weight excluding hydrogens is 238 g/mol. The van der Waals surface area contributed by atoms with Crippen molar-refractivity contribution in [2.75, 3.05) is 11.1 Å². The van der Waals surface area contributed by atoms with Gasteiger partial charge >= 0.3 is 0 Å². The monoisotopic (exact) mass is 253 g/mol. The van der Waals surface area contributed by atoms with Gasteiger partial charge in [-0.3, -0.25) is 0 Å². The second-order valence-corrected chi connectivity index (χ2v) is 4.53. The number of hydrogen-bond acceptors (Lipinski definition) is 4. The largest absolute Gasteiger partial charge is 0.464 e. The van der Waals surface area contributed by atoms with Crippen molar-refractivity contribution in [1.82, 2.24) is 4.98 Å². The molecule has 0 aliphatic heterocycles. The zero-order chi connectivity index (χ0) is 13.2. The molecule has 2 heterocycles. The summed E-state index contributed by atoms with van der Waals surface area (Å²) in [5.74, 6) is 0.821. The minimum absolute atomic E-state index is 0.122. The van der Waals surface area contributed by atoms with E-state index in [1.165, 1.54) is 0 Å². The van der Waals surface area contributed by atoms with Crippen LogP contribution < -0.4 is 11.1 Å². The van der Waals surface area contributed by atoms with Crippen LogP contribution in [0.15, 0.2) is 53.3 Å². The minimum Gasteiger partial charge on any atom is -0.464 e. The molecule has 96 valence electrons. The van der Waals surface area contributed by atoms with E-state index >= 15 is 0 Å². The third kappa shape index (κ3) is 2.25. The summed E-state index contributed by atoms with van der Waals surface area (Å²) in [6, 6.07) is 11.7. The fourth-order valence-electron chi connectivity index (χ4n) is 2.13. The van der Waals surface area contributed by atoms with Gasteiger partial charge in [-0.25, -0.2) is 4.98 Å². The molecule has 3 N–H and O–H groups in total. The van der Waals surface area contributed by atoms with Crippen molar-refractivity contribution in [3.05, 3.63) is 54.4 Å². The Morgan fingerprint density at radius 3 is 3.00 bits per heavy atom. The summed E-state index contributed by atoms with van der Waals surface area (Å²) in [5.41, 5.74) is 8.53. The molecule has 1 aromatic carbocycles. The first kappa shape index (κ1) is 11.6. The van der Waals surface area contributed by atoms with E-state index in [1.807, 2.05) is 36.4 Å². The molecule has 0 bridgehead atoms. The van der Waals surface area contributed by atoms with Crippen LogP contribution >= 0.6 is 0 Å². The Labute approximate surface area is 111 Å². The number of furan rings is 1. The van der Waals surface area contributed by atoms with Crippen LogP contribution in [0.1, 0.15) is 18.5 Å². The molecule has 0 spiro atoms. The first-order valence-electron chi connectivity index (χ1n) is 6.18. The maximum absolute atomic E-state index is 5.81. The van der Waals surface area contributed by atoms with E-state index in [4.69, 9.17) is 10.2 Å². The highest BCUT2D eigenvalue weighted by molar-refractivity contribution is 5.88. The van der Waals surface area contributed by atoms with E-state index in [2.05, 4.69) is 17.2 Å². The molecule has 3 aromatic rings. The number of nitrogen functional groups attached to an aromatic ring is 1. The summed E-state index contributed by atoms with van der Waals surface area (Å²) < 4.78 is 5.36. The normalized spacial score (nSPS) is 12.5. The number of pyridine rings is 1. The first-order valence-corrected chi connectivity index (χ1v) is 6.18. The molecule has 0 saturated carbocycles. The zero-order valence-corrected chi connectivity index (χ0v) is 10.6. The maximum atomic E-state index is 5.81. The second-order valence-electron chi connectivity index (χ2n) is 4.53. The van der Waals surface area contributed by atoms with Crippen molar-refractivity contribution in [3.63, 3.8) is 0 Å². The predicted molar refractivity (Wildman–Crippen MR) is 76.9 cm³/mol. The number of fused-ring (bicyclic) bond motifs is 1. The SMILES string of the molecule is CC(Nc1nccc2occc12)c1cccc(N)c1. The number of nitrogens with zero attached hydrogens (tertiary/aromatic N) is 1. The van der Waals surface area contributed by atoms with Crippen molar-refractivity contribution in [3.8, 4) is 0 Å². The highest BCUT2D eigenvalue weighted by Gasteiger charge is 2.10. The molecule has 0 aliphatic rings. The summed E-state index contributed by atoms with van der Waals surface area (Å²) in [6.45, 7) is 2.08. The molecule has 0 radical (unpaired) electrons. The lowest BCUT2D eigenvalue weighted by molar-refractivity contribution is 0.615. The lowest BCUT2D eigenvalue weighted by atomic mass is 10.1.